The Kier molecular flexibility index (Phi) is 6.78. The number of benzene rings is 3. The van der Waals surface area contributed by atoms with E-state index in [9.17, 15) is 4.79 Å². The van der Waals surface area contributed by atoms with E-state index in [4.69, 9.17) is 26.4 Å². The van der Waals surface area contributed by atoms with Gasteiger partial charge in [-0.2, -0.15) is 0 Å². The Hall–Kier alpha value is -3.29. The minimum Gasteiger partial charge on any atom is -0.497 e. The molecule has 0 spiro atoms. The fourth-order valence-corrected chi connectivity index (χ4v) is 4.50. The number of amides is 1. The molecule has 0 saturated carbocycles. The van der Waals surface area contributed by atoms with Gasteiger partial charge in [0, 0.05) is 0 Å². The quantitative estimate of drug-likeness (QED) is 0.331. The third kappa shape index (κ3) is 4.79. The lowest BCUT2D eigenvalue weighted by Gasteiger charge is -2.14. The van der Waals surface area contributed by atoms with Gasteiger partial charge in [-0.1, -0.05) is 60.4 Å². The molecule has 3 aromatic carbocycles. The van der Waals surface area contributed by atoms with Crippen LogP contribution in [0.2, 0.25) is 0 Å². The van der Waals surface area contributed by atoms with Gasteiger partial charge in [0.15, 0.2) is 15.8 Å². The lowest BCUT2D eigenvalue weighted by molar-refractivity contribution is -0.113. The molecule has 1 aliphatic rings. The molecule has 0 unspecified atom stereocenters. The summed E-state index contributed by atoms with van der Waals surface area (Å²) in [5, 5.41) is 0. The van der Waals surface area contributed by atoms with E-state index in [0.29, 0.717) is 33.0 Å². The average molecular weight is 464 g/mol. The summed E-state index contributed by atoms with van der Waals surface area (Å²) < 4.78 is 17.1. The average Bonchev–Trinajstić information content (AvgIpc) is 3.11. The third-order valence-electron chi connectivity index (χ3n) is 4.85. The molecule has 0 aliphatic carbocycles. The topological polar surface area (TPSA) is 48.0 Å². The largest absolute Gasteiger partial charge is 0.497 e. The molecule has 0 radical (unpaired) electrons. The van der Waals surface area contributed by atoms with Crippen molar-refractivity contribution in [2.24, 2.45) is 0 Å². The van der Waals surface area contributed by atoms with Gasteiger partial charge >= 0.3 is 0 Å². The van der Waals surface area contributed by atoms with Gasteiger partial charge in [0.1, 0.15) is 12.4 Å². The number of carbonyl (C=O) groups excluding carboxylic acids is 1. The minimum atomic E-state index is -0.159. The SMILES string of the molecule is COc1ccc(N2C(=O)/C(=C/c3ccc(OCc4ccccc4)c(OC)c3)SC2=S)cc1. The Bertz CT molecular complexity index is 1160. The lowest BCUT2D eigenvalue weighted by atomic mass is 10.1. The minimum absolute atomic E-state index is 0.159. The number of rotatable bonds is 7. The Balaban J connectivity index is 1.52. The van der Waals surface area contributed by atoms with Crippen LogP contribution in [0.25, 0.3) is 6.08 Å². The van der Waals surface area contributed by atoms with E-state index in [1.807, 2.05) is 66.7 Å². The normalized spacial score (nSPS) is 14.7. The first kappa shape index (κ1) is 21.9. The smallest absolute Gasteiger partial charge is 0.270 e. The predicted molar refractivity (Wildman–Crippen MR) is 132 cm³/mol. The van der Waals surface area contributed by atoms with Crippen molar-refractivity contribution >= 4 is 46.0 Å². The highest BCUT2D eigenvalue weighted by Crippen LogP contribution is 2.37. The fraction of sp³-hybridized carbons (Fsp3) is 0.120. The predicted octanol–water partition coefficient (Wildman–Crippen LogP) is 5.69. The second-order valence-corrected chi connectivity index (χ2v) is 8.58. The first-order valence-electron chi connectivity index (χ1n) is 9.86. The number of methoxy groups -OCH3 is 2. The van der Waals surface area contributed by atoms with E-state index < -0.39 is 0 Å². The second kappa shape index (κ2) is 9.89. The monoisotopic (exact) mass is 463 g/mol. The molecule has 1 fully saturated rings. The molecule has 0 N–H and O–H groups in total. The summed E-state index contributed by atoms with van der Waals surface area (Å²) in [5.74, 6) is 1.80. The highest BCUT2D eigenvalue weighted by molar-refractivity contribution is 8.27. The Labute approximate surface area is 196 Å². The van der Waals surface area contributed by atoms with Crippen LogP contribution in [0.5, 0.6) is 17.2 Å². The molecule has 162 valence electrons. The van der Waals surface area contributed by atoms with Crippen molar-refractivity contribution in [3.63, 3.8) is 0 Å². The molecule has 1 saturated heterocycles. The van der Waals surface area contributed by atoms with Gasteiger partial charge in [0.2, 0.25) is 0 Å². The zero-order valence-corrected chi connectivity index (χ0v) is 19.2. The van der Waals surface area contributed by atoms with Crippen LogP contribution < -0.4 is 19.1 Å². The van der Waals surface area contributed by atoms with Gasteiger partial charge in [-0.05, 0) is 53.6 Å². The molecule has 5 nitrogen and oxygen atoms in total. The van der Waals surface area contributed by atoms with Gasteiger partial charge in [-0.15, -0.1) is 0 Å². The van der Waals surface area contributed by atoms with E-state index in [1.54, 1.807) is 26.4 Å². The summed E-state index contributed by atoms with van der Waals surface area (Å²) in [6.07, 6.45) is 1.81. The molecule has 0 bridgehead atoms. The number of nitrogens with zero attached hydrogens (tertiary/aromatic N) is 1. The summed E-state index contributed by atoms with van der Waals surface area (Å²) in [5.41, 5.74) is 2.60. The molecule has 3 aromatic rings. The van der Waals surface area contributed by atoms with Crippen molar-refractivity contribution < 1.29 is 19.0 Å². The van der Waals surface area contributed by atoms with Crippen LogP contribution in [0.15, 0.2) is 77.7 Å². The molecular formula is C25H21NO4S2. The van der Waals surface area contributed by atoms with Crippen LogP contribution in [0.3, 0.4) is 0 Å². The van der Waals surface area contributed by atoms with Gasteiger partial charge in [0.05, 0.1) is 24.8 Å². The molecule has 0 atom stereocenters. The first-order valence-corrected chi connectivity index (χ1v) is 11.1. The van der Waals surface area contributed by atoms with Crippen LogP contribution in [-0.2, 0) is 11.4 Å². The van der Waals surface area contributed by atoms with E-state index in [1.165, 1.54) is 16.7 Å². The van der Waals surface area contributed by atoms with Crippen molar-refractivity contribution in [3.05, 3.63) is 88.8 Å². The van der Waals surface area contributed by atoms with Crippen molar-refractivity contribution in [3.8, 4) is 17.2 Å². The van der Waals surface area contributed by atoms with Crippen LogP contribution in [0.4, 0.5) is 5.69 Å². The highest BCUT2D eigenvalue weighted by atomic mass is 32.2. The standard InChI is InChI=1S/C25H21NO4S2/c1-28-20-11-9-19(10-12-20)26-24(27)23(32-25(26)31)15-18-8-13-21(22(14-18)29-2)30-16-17-6-4-3-5-7-17/h3-15H,16H2,1-2H3/b23-15-. The van der Waals surface area contributed by atoms with E-state index in [0.717, 1.165) is 16.9 Å². The first-order chi connectivity index (χ1) is 15.6. The van der Waals surface area contributed by atoms with Crippen molar-refractivity contribution in [1.29, 1.82) is 0 Å². The van der Waals surface area contributed by atoms with Crippen LogP contribution >= 0.6 is 24.0 Å². The maximum atomic E-state index is 13.0. The zero-order valence-electron chi connectivity index (χ0n) is 17.6. The zero-order chi connectivity index (χ0) is 22.5. The van der Waals surface area contributed by atoms with Crippen LogP contribution in [0, 0.1) is 0 Å². The molecule has 4 rings (SSSR count). The van der Waals surface area contributed by atoms with Gasteiger partial charge in [0.25, 0.3) is 5.91 Å². The molecule has 1 aliphatic heterocycles. The lowest BCUT2D eigenvalue weighted by Crippen LogP contribution is -2.27. The number of carbonyl (C=O) groups is 1. The summed E-state index contributed by atoms with van der Waals surface area (Å²) in [4.78, 5) is 15.1. The van der Waals surface area contributed by atoms with E-state index in [2.05, 4.69) is 0 Å². The number of thiocarbonyl (C=S) groups is 1. The molecule has 32 heavy (non-hydrogen) atoms. The van der Waals surface area contributed by atoms with E-state index in [-0.39, 0.29) is 5.91 Å². The second-order valence-electron chi connectivity index (χ2n) is 6.90. The van der Waals surface area contributed by atoms with Gasteiger partial charge in [-0.25, -0.2) is 0 Å². The van der Waals surface area contributed by atoms with E-state index >= 15 is 0 Å². The maximum absolute atomic E-state index is 13.0. The number of hydrogen-bond acceptors (Lipinski definition) is 6. The van der Waals surface area contributed by atoms with Gasteiger partial charge < -0.3 is 14.2 Å². The Morgan fingerprint density at radius 2 is 1.69 bits per heavy atom. The molecule has 1 amide bonds. The molecule has 1 heterocycles. The summed E-state index contributed by atoms with van der Waals surface area (Å²) in [7, 11) is 3.20. The van der Waals surface area contributed by atoms with Crippen molar-refractivity contribution in [2.75, 3.05) is 19.1 Å². The summed E-state index contributed by atoms with van der Waals surface area (Å²) in [6, 6.07) is 22.7. The summed E-state index contributed by atoms with van der Waals surface area (Å²) >= 11 is 6.73. The maximum Gasteiger partial charge on any atom is 0.270 e. The molecule has 7 heteroatoms. The number of anilines is 1. The van der Waals surface area contributed by atoms with Gasteiger partial charge in [-0.3, -0.25) is 9.69 Å². The summed E-state index contributed by atoms with van der Waals surface area (Å²) in [6.45, 7) is 0.442. The van der Waals surface area contributed by atoms with Crippen LogP contribution in [0.1, 0.15) is 11.1 Å². The highest BCUT2D eigenvalue weighted by Gasteiger charge is 2.33. The number of hydrogen-bond donors (Lipinski definition) is 0. The molecule has 0 aromatic heterocycles. The third-order valence-corrected chi connectivity index (χ3v) is 6.15. The van der Waals surface area contributed by atoms with Crippen LogP contribution in [-0.4, -0.2) is 24.4 Å². The molecular weight excluding hydrogens is 442 g/mol. The number of ether oxygens (including phenoxy) is 3. The van der Waals surface area contributed by atoms with Crippen molar-refractivity contribution in [1.82, 2.24) is 0 Å². The van der Waals surface area contributed by atoms with Crippen molar-refractivity contribution in [2.45, 2.75) is 6.61 Å². The fourth-order valence-electron chi connectivity index (χ4n) is 3.20. The number of thioether (sulfide) groups is 1. The Morgan fingerprint density at radius 3 is 2.38 bits per heavy atom. The Morgan fingerprint density at radius 1 is 0.938 bits per heavy atom.